The van der Waals surface area contributed by atoms with Crippen molar-refractivity contribution >= 4 is 23.9 Å². The Balaban J connectivity index is 2.06. The second-order valence-corrected chi connectivity index (χ2v) is 5.98. The fourth-order valence-electron chi connectivity index (χ4n) is 2.24. The molecule has 0 saturated heterocycles. The minimum absolute atomic E-state index is 0.117. The summed E-state index contributed by atoms with van der Waals surface area (Å²) in [4.78, 5) is 45.9. The number of benzene rings is 1. The molecule has 0 atom stereocenters. The van der Waals surface area contributed by atoms with Gasteiger partial charge in [0.15, 0.2) is 18.1 Å². The number of carboxylic acid groups (broad SMARTS) is 1. The van der Waals surface area contributed by atoms with Gasteiger partial charge in [0.1, 0.15) is 5.60 Å². The maximum atomic E-state index is 12.1. The van der Waals surface area contributed by atoms with Crippen LogP contribution in [0.15, 0.2) is 18.2 Å². The van der Waals surface area contributed by atoms with Crippen LogP contribution in [-0.2, 0) is 25.5 Å². The Morgan fingerprint density at radius 1 is 1.28 bits per heavy atom. The molecule has 0 aromatic heterocycles. The summed E-state index contributed by atoms with van der Waals surface area (Å²) >= 11 is 0. The molecule has 0 spiro atoms. The molecule has 0 radical (unpaired) electrons. The lowest BCUT2D eigenvalue weighted by atomic mass is 10.0. The van der Waals surface area contributed by atoms with Crippen molar-refractivity contribution in [3.63, 3.8) is 0 Å². The van der Waals surface area contributed by atoms with E-state index in [9.17, 15) is 19.2 Å². The van der Waals surface area contributed by atoms with Gasteiger partial charge >= 0.3 is 23.9 Å². The lowest BCUT2D eigenvalue weighted by Gasteiger charge is -2.19. The van der Waals surface area contributed by atoms with Crippen LogP contribution in [0.5, 0.6) is 11.5 Å². The van der Waals surface area contributed by atoms with Crippen molar-refractivity contribution < 1.29 is 38.5 Å². The van der Waals surface area contributed by atoms with Gasteiger partial charge in [0.05, 0.1) is 0 Å². The molecule has 0 saturated carbocycles. The number of carboxylic acids is 1. The molecule has 1 aliphatic rings. The van der Waals surface area contributed by atoms with Crippen LogP contribution in [-0.4, -0.2) is 53.2 Å². The Hall–Kier alpha value is -3.10. The number of esters is 1. The van der Waals surface area contributed by atoms with Crippen molar-refractivity contribution in [1.82, 2.24) is 4.90 Å². The van der Waals surface area contributed by atoms with E-state index in [0.717, 1.165) is 12.6 Å². The average Bonchev–Trinajstić information content (AvgIpc) is 2.86. The van der Waals surface area contributed by atoms with Crippen LogP contribution in [0.1, 0.15) is 19.4 Å². The lowest BCUT2D eigenvalue weighted by molar-refractivity contribution is -0.163. The first kappa shape index (κ1) is 18.2. The number of rotatable bonds is 3. The fourth-order valence-corrected chi connectivity index (χ4v) is 2.24. The van der Waals surface area contributed by atoms with Crippen molar-refractivity contribution in [2.45, 2.75) is 25.9 Å². The van der Waals surface area contributed by atoms with E-state index < -0.39 is 36.1 Å². The van der Waals surface area contributed by atoms with Crippen molar-refractivity contribution in [3.05, 3.63) is 23.8 Å². The quantitative estimate of drug-likeness (QED) is 0.632. The Labute approximate surface area is 143 Å². The van der Waals surface area contributed by atoms with Gasteiger partial charge in [-0.05, 0) is 19.9 Å². The molecule has 1 aromatic carbocycles. The van der Waals surface area contributed by atoms with Gasteiger partial charge in [-0.15, -0.1) is 0 Å². The monoisotopic (exact) mass is 351 g/mol. The van der Waals surface area contributed by atoms with Gasteiger partial charge in [-0.1, -0.05) is 12.1 Å². The molecule has 0 bridgehead atoms. The molecule has 0 aliphatic carbocycles. The summed E-state index contributed by atoms with van der Waals surface area (Å²) in [6, 6.07) is 5.01. The van der Waals surface area contributed by atoms with Gasteiger partial charge in [0.2, 0.25) is 0 Å². The number of aliphatic carboxylic acids is 1. The summed E-state index contributed by atoms with van der Waals surface area (Å²) in [6.45, 7) is 2.78. The van der Waals surface area contributed by atoms with Crippen LogP contribution >= 0.6 is 0 Å². The van der Waals surface area contributed by atoms with Crippen molar-refractivity contribution in [2.75, 3.05) is 13.7 Å². The zero-order chi connectivity index (χ0) is 18.8. The van der Waals surface area contributed by atoms with Gasteiger partial charge < -0.3 is 19.3 Å². The molecule has 9 nitrogen and oxygen atoms in total. The van der Waals surface area contributed by atoms with E-state index >= 15 is 0 Å². The molecule has 134 valence electrons. The number of nitrogens with zero attached hydrogens (tertiary/aromatic N) is 1. The third-order valence-corrected chi connectivity index (χ3v) is 3.33. The van der Waals surface area contributed by atoms with Gasteiger partial charge in [-0.2, -0.15) is 0 Å². The number of imide groups is 1. The highest BCUT2D eigenvalue weighted by molar-refractivity contribution is 6.35. The predicted molar refractivity (Wildman–Crippen MR) is 82.2 cm³/mol. The maximum Gasteiger partial charge on any atom is 0.422 e. The normalized spacial score (nSPS) is 14.0. The van der Waals surface area contributed by atoms with Crippen LogP contribution in [0.4, 0.5) is 4.79 Å². The number of para-hydroxylation sites is 1. The second-order valence-electron chi connectivity index (χ2n) is 5.98. The summed E-state index contributed by atoms with van der Waals surface area (Å²) < 4.78 is 15.1. The van der Waals surface area contributed by atoms with Crippen LogP contribution in [0.3, 0.4) is 0 Å². The molecule has 2 amide bonds. The first-order valence-electron chi connectivity index (χ1n) is 7.30. The highest BCUT2D eigenvalue weighted by Crippen LogP contribution is 2.41. The van der Waals surface area contributed by atoms with Gasteiger partial charge in [-0.25, -0.2) is 19.3 Å². The number of fused-ring (bicyclic) bond motifs is 1. The topological polar surface area (TPSA) is 119 Å². The van der Waals surface area contributed by atoms with E-state index in [1.54, 1.807) is 6.07 Å². The Bertz CT molecular complexity index is 740. The Morgan fingerprint density at radius 2 is 1.96 bits per heavy atom. The molecule has 0 fully saturated rings. The van der Waals surface area contributed by atoms with E-state index in [0.29, 0.717) is 17.1 Å². The summed E-state index contributed by atoms with van der Waals surface area (Å²) in [7, 11) is 1.01. The van der Waals surface area contributed by atoms with Crippen molar-refractivity contribution in [3.8, 4) is 11.5 Å². The maximum absolute atomic E-state index is 12.1. The minimum atomic E-state index is -1.47. The summed E-state index contributed by atoms with van der Waals surface area (Å²) in [5.41, 5.74) is 0.401. The molecule has 1 heterocycles. The highest BCUT2D eigenvalue weighted by atomic mass is 16.6. The second kappa shape index (κ2) is 6.80. The lowest BCUT2D eigenvalue weighted by Crippen LogP contribution is -2.41. The van der Waals surface area contributed by atoms with E-state index in [-0.39, 0.29) is 5.75 Å². The molecule has 0 unspecified atom stereocenters. The number of carbonyl (C=O) groups is 4. The number of hydrogen-bond acceptors (Lipinski definition) is 7. The van der Waals surface area contributed by atoms with E-state index in [2.05, 4.69) is 4.74 Å². The van der Waals surface area contributed by atoms with Crippen LogP contribution in [0, 0.1) is 0 Å². The molecular weight excluding hydrogens is 334 g/mol. The van der Waals surface area contributed by atoms with Gasteiger partial charge in [0.25, 0.3) is 0 Å². The van der Waals surface area contributed by atoms with E-state index in [1.807, 2.05) is 19.9 Å². The fraction of sp³-hybridized carbons (Fsp3) is 0.375. The van der Waals surface area contributed by atoms with Gasteiger partial charge in [0, 0.05) is 19.0 Å². The average molecular weight is 351 g/mol. The van der Waals surface area contributed by atoms with E-state index in [1.165, 1.54) is 6.07 Å². The molecule has 2 rings (SSSR count). The number of hydrogen-bond donors (Lipinski definition) is 1. The van der Waals surface area contributed by atoms with Crippen LogP contribution in [0.25, 0.3) is 0 Å². The number of likely N-dealkylation sites (N-methyl/N-ethyl adjacent to an activating group) is 1. The largest absolute Gasteiger partial charge is 0.483 e. The molecule has 1 N–H and O–H groups in total. The van der Waals surface area contributed by atoms with Crippen molar-refractivity contribution in [1.29, 1.82) is 0 Å². The third-order valence-electron chi connectivity index (χ3n) is 3.33. The molecule has 1 aliphatic heterocycles. The predicted octanol–water partition coefficient (Wildman–Crippen LogP) is 0.985. The molecule has 1 aromatic rings. The number of ether oxygens (including phenoxy) is 3. The summed E-state index contributed by atoms with van der Waals surface area (Å²) in [5, 5.41) is 8.41. The standard InChI is InChI=1S/C16H17NO8/c1-16(2)7-9-5-4-6-10(12(9)25-16)24-15(22)17(3)13(20)14(21)23-8-11(18)19/h4-6H,7-8H2,1-3H3,(H,18,19). The van der Waals surface area contributed by atoms with Gasteiger partial charge in [-0.3, -0.25) is 4.79 Å². The molecular formula is C16H17NO8. The zero-order valence-electron chi connectivity index (χ0n) is 13.9. The SMILES string of the molecule is CN(C(=O)Oc1cccc2c1OC(C)(C)C2)C(=O)C(=O)OCC(=O)O. The Kier molecular flexibility index (Phi) is 4.96. The first-order valence-corrected chi connectivity index (χ1v) is 7.30. The Morgan fingerprint density at radius 3 is 2.60 bits per heavy atom. The van der Waals surface area contributed by atoms with E-state index in [4.69, 9.17) is 14.6 Å². The van der Waals surface area contributed by atoms with Crippen LogP contribution in [0.2, 0.25) is 0 Å². The third kappa shape index (κ3) is 4.25. The summed E-state index contributed by atoms with van der Waals surface area (Å²) in [6.07, 6.45) is -0.497. The highest BCUT2D eigenvalue weighted by Gasteiger charge is 2.34. The first-order chi connectivity index (χ1) is 11.6. The zero-order valence-corrected chi connectivity index (χ0v) is 13.9. The summed E-state index contributed by atoms with van der Waals surface area (Å²) in [5.74, 6) is -3.73. The number of amides is 2. The smallest absolute Gasteiger partial charge is 0.422 e. The van der Waals surface area contributed by atoms with Crippen molar-refractivity contribution in [2.24, 2.45) is 0 Å². The molecule has 9 heteroatoms. The molecule has 25 heavy (non-hydrogen) atoms. The number of carbonyl (C=O) groups excluding carboxylic acids is 3. The minimum Gasteiger partial charge on any atom is -0.483 e. The van der Waals surface area contributed by atoms with Crippen LogP contribution < -0.4 is 9.47 Å².